The van der Waals surface area contributed by atoms with Crippen LogP contribution in [0, 0.1) is 13.8 Å². The lowest BCUT2D eigenvalue weighted by molar-refractivity contribution is 1.34. The molecule has 4 N–H and O–H groups in total. The molecule has 0 fully saturated rings. The minimum Gasteiger partial charge on any atom is -0.288 e. The molecule has 0 bridgehead atoms. The Hall–Kier alpha value is -1.42. The SMILES string of the molecule is Cc1ccc(S(=C(N)N)c2ccc(C)cc2)cc1. The summed E-state index contributed by atoms with van der Waals surface area (Å²) in [4.78, 5) is 2.31. The normalized spacial score (nSPS) is 10.7. The lowest BCUT2D eigenvalue weighted by Crippen LogP contribution is -2.22. The van der Waals surface area contributed by atoms with Crippen molar-refractivity contribution in [3.8, 4) is 0 Å². The maximum Gasteiger partial charge on any atom is 0.0864 e. The van der Waals surface area contributed by atoms with Crippen LogP contribution in [0.5, 0.6) is 0 Å². The van der Waals surface area contributed by atoms with Gasteiger partial charge in [-0.2, -0.15) is 0 Å². The number of aryl methyl sites for hydroxylation is 2. The molecule has 0 saturated carbocycles. The first-order chi connectivity index (χ1) is 8.58. The molecule has 2 rings (SSSR count). The van der Waals surface area contributed by atoms with E-state index >= 15 is 0 Å². The second-order valence-electron chi connectivity index (χ2n) is 4.33. The monoisotopic (exact) mass is 258 g/mol. The fourth-order valence-electron chi connectivity index (χ4n) is 1.76. The van der Waals surface area contributed by atoms with Crippen molar-refractivity contribution in [2.24, 2.45) is 11.5 Å². The molecule has 2 aromatic carbocycles. The average molecular weight is 258 g/mol. The third kappa shape index (κ3) is 2.88. The largest absolute Gasteiger partial charge is 0.288 e. The van der Waals surface area contributed by atoms with Crippen LogP contribution >= 0.6 is 10.5 Å². The van der Waals surface area contributed by atoms with E-state index in [0.29, 0.717) is 5.11 Å². The maximum atomic E-state index is 5.88. The van der Waals surface area contributed by atoms with Crippen LogP contribution in [0.15, 0.2) is 58.3 Å². The molecular weight excluding hydrogens is 240 g/mol. The van der Waals surface area contributed by atoms with E-state index in [9.17, 15) is 0 Å². The molecule has 0 atom stereocenters. The zero-order valence-corrected chi connectivity index (χ0v) is 11.5. The zero-order valence-electron chi connectivity index (χ0n) is 10.7. The van der Waals surface area contributed by atoms with Gasteiger partial charge in [0.2, 0.25) is 0 Å². The van der Waals surface area contributed by atoms with E-state index in [1.54, 1.807) is 0 Å². The number of nitrogens with two attached hydrogens (primary N) is 2. The first kappa shape index (κ1) is 13.0. The van der Waals surface area contributed by atoms with E-state index in [1.807, 2.05) is 0 Å². The molecule has 3 heteroatoms. The van der Waals surface area contributed by atoms with E-state index in [0.717, 1.165) is 9.79 Å². The second kappa shape index (κ2) is 5.48. The fourth-order valence-corrected chi connectivity index (χ4v) is 3.39. The summed E-state index contributed by atoms with van der Waals surface area (Å²) >= 11 is 0. The molecule has 0 heterocycles. The Morgan fingerprint density at radius 1 is 0.722 bits per heavy atom. The van der Waals surface area contributed by atoms with Crippen molar-refractivity contribution in [1.82, 2.24) is 0 Å². The van der Waals surface area contributed by atoms with Crippen LogP contribution in [-0.4, -0.2) is 5.11 Å². The molecule has 0 spiro atoms. The molecule has 0 unspecified atom stereocenters. The summed E-state index contributed by atoms with van der Waals surface area (Å²) in [7, 11) is -0.347. The predicted molar refractivity (Wildman–Crippen MR) is 79.9 cm³/mol. The van der Waals surface area contributed by atoms with Crippen molar-refractivity contribution < 1.29 is 0 Å². The summed E-state index contributed by atoms with van der Waals surface area (Å²) in [5.74, 6) is 0. The Morgan fingerprint density at radius 2 is 1.06 bits per heavy atom. The number of hydrogen-bond donors (Lipinski definition) is 2. The van der Waals surface area contributed by atoms with Gasteiger partial charge in [0.05, 0.1) is 5.11 Å². The highest BCUT2D eigenvalue weighted by atomic mass is 32.2. The van der Waals surface area contributed by atoms with Gasteiger partial charge in [-0.05, 0) is 38.1 Å². The van der Waals surface area contributed by atoms with Gasteiger partial charge in [-0.3, -0.25) is 11.5 Å². The smallest absolute Gasteiger partial charge is 0.0864 e. The Labute approximate surface area is 111 Å². The van der Waals surface area contributed by atoms with Crippen LogP contribution < -0.4 is 11.5 Å². The molecule has 2 aromatic rings. The number of benzene rings is 2. The Bertz CT molecular complexity index is 517. The third-order valence-electron chi connectivity index (χ3n) is 2.75. The van der Waals surface area contributed by atoms with Gasteiger partial charge in [0.25, 0.3) is 0 Å². The van der Waals surface area contributed by atoms with Crippen LogP contribution in [0.3, 0.4) is 0 Å². The third-order valence-corrected chi connectivity index (χ3v) is 4.71. The predicted octanol–water partition coefficient (Wildman–Crippen LogP) is 3.00. The minimum atomic E-state index is -0.347. The van der Waals surface area contributed by atoms with Crippen LogP contribution in [-0.2, 0) is 0 Å². The van der Waals surface area contributed by atoms with Crippen molar-refractivity contribution in [1.29, 1.82) is 0 Å². The zero-order chi connectivity index (χ0) is 13.1. The maximum absolute atomic E-state index is 5.88. The van der Waals surface area contributed by atoms with E-state index in [1.165, 1.54) is 11.1 Å². The van der Waals surface area contributed by atoms with Crippen molar-refractivity contribution in [3.63, 3.8) is 0 Å². The van der Waals surface area contributed by atoms with Crippen molar-refractivity contribution >= 4 is 15.6 Å². The summed E-state index contributed by atoms with van der Waals surface area (Å²) < 4.78 is 0. The fraction of sp³-hybridized carbons (Fsp3) is 0.133. The van der Waals surface area contributed by atoms with Gasteiger partial charge >= 0.3 is 0 Å². The van der Waals surface area contributed by atoms with Crippen molar-refractivity contribution in [3.05, 3.63) is 59.7 Å². The van der Waals surface area contributed by atoms with Crippen LogP contribution in [0.2, 0.25) is 0 Å². The molecule has 0 aliphatic rings. The lowest BCUT2D eigenvalue weighted by atomic mass is 10.2. The average Bonchev–Trinajstić information content (AvgIpc) is 2.34. The summed E-state index contributed by atoms with van der Waals surface area (Å²) in [6, 6.07) is 16.7. The highest BCUT2D eigenvalue weighted by Crippen LogP contribution is 2.35. The number of rotatable bonds is 2. The van der Waals surface area contributed by atoms with Crippen LogP contribution in [0.1, 0.15) is 11.1 Å². The standard InChI is InChI=1S/C15H18N2S/c1-11-3-7-13(8-4-11)18(15(16)17)14-9-5-12(2)6-10-14/h3-10H,16-17H2,1-2H3. The highest BCUT2D eigenvalue weighted by Gasteiger charge is 2.05. The molecule has 0 amide bonds. The first-order valence-corrected chi connectivity index (χ1v) is 7.06. The van der Waals surface area contributed by atoms with E-state index in [-0.39, 0.29) is 10.5 Å². The van der Waals surface area contributed by atoms with Gasteiger partial charge in [0.1, 0.15) is 0 Å². The minimum absolute atomic E-state index is 0.347. The van der Waals surface area contributed by atoms with Crippen molar-refractivity contribution in [2.45, 2.75) is 23.6 Å². The molecule has 94 valence electrons. The van der Waals surface area contributed by atoms with Gasteiger partial charge in [0.15, 0.2) is 0 Å². The van der Waals surface area contributed by atoms with E-state index in [2.05, 4.69) is 62.4 Å². The molecule has 0 aliphatic heterocycles. The molecule has 0 saturated heterocycles. The van der Waals surface area contributed by atoms with Gasteiger partial charge in [0, 0.05) is 9.79 Å². The molecular formula is C15H18N2S. The second-order valence-corrected chi connectivity index (χ2v) is 6.36. The van der Waals surface area contributed by atoms with Crippen LogP contribution in [0.4, 0.5) is 0 Å². The quantitative estimate of drug-likeness (QED) is 0.814. The number of hydrogen-bond acceptors (Lipinski definition) is 0. The lowest BCUT2D eigenvalue weighted by Gasteiger charge is -2.12. The summed E-state index contributed by atoms with van der Waals surface area (Å²) in [5, 5.41) is 0.461. The Kier molecular flexibility index (Phi) is 3.97. The van der Waals surface area contributed by atoms with Gasteiger partial charge in [-0.25, -0.2) is 0 Å². The van der Waals surface area contributed by atoms with Gasteiger partial charge < -0.3 is 0 Å². The first-order valence-electron chi connectivity index (χ1n) is 5.83. The molecule has 0 aliphatic carbocycles. The summed E-state index contributed by atoms with van der Waals surface area (Å²) in [5.41, 5.74) is 14.2. The Balaban J connectivity index is 2.51. The molecule has 18 heavy (non-hydrogen) atoms. The molecule has 0 aromatic heterocycles. The topological polar surface area (TPSA) is 52.0 Å². The highest BCUT2D eigenvalue weighted by molar-refractivity contribution is 8.16. The van der Waals surface area contributed by atoms with Crippen LogP contribution in [0.25, 0.3) is 0 Å². The summed E-state index contributed by atoms with van der Waals surface area (Å²) in [6.45, 7) is 4.15. The van der Waals surface area contributed by atoms with E-state index in [4.69, 9.17) is 11.5 Å². The molecule has 2 nitrogen and oxygen atoms in total. The summed E-state index contributed by atoms with van der Waals surface area (Å²) in [6.07, 6.45) is 0. The van der Waals surface area contributed by atoms with Gasteiger partial charge in [-0.1, -0.05) is 45.9 Å². The van der Waals surface area contributed by atoms with Crippen molar-refractivity contribution in [2.75, 3.05) is 0 Å². The van der Waals surface area contributed by atoms with E-state index < -0.39 is 0 Å². The molecule has 0 radical (unpaired) electrons. The van der Waals surface area contributed by atoms with Gasteiger partial charge in [-0.15, -0.1) is 0 Å². The Morgan fingerprint density at radius 3 is 1.33 bits per heavy atom.